The van der Waals surface area contributed by atoms with E-state index in [4.69, 9.17) is 23.7 Å². The first-order valence-corrected chi connectivity index (χ1v) is 12.9. The van der Waals surface area contributed by atoms with Crippen LogP contribution < -0.4 is 0 Å². The second kappa shape index (κ2) is 6.95. The Kier molecular flexibility index (Phi) is 4.47. The molecule has 4 saturated heterocycles. The van der Waals surface area contributed by atoms with Crippen molar-refractivity contribution in [3.63, 3.8) is 0 Å². The van der Waals surface area contributed by atoms with Gasteiger partial charge in [0.25, 0.3) is 0 Å². The van der Waals surface area contributed by atoms with Crippen molar-refractivity contribution >= 4 is 17.9 Å². The molecule has 11 heteroatoms. The number of hydrogen-bond donors (Lipinski definition) is 3. The van der Waals surface area contributed by atoms with E-state index in [9.17, 15) is 29.7 Å². The fourth-order valence-corrected chi connectivity index (χ4v) is 9.20. The molecule has 0 unspecified atom stereocenters. The fourth-order valence-electron chi connectivity index (χ4n) is 9.20. The summed E-state index contributed by atoms with van der Waals surface area (Å²) < 4.78 is 29.6. The average molecular weight is 531 g/mol. The highest BCUT2D eigenvalue weighted by atomic mass is 16.8. The lowest BCUT2D eigenvalue weighted by atomic mass is 9.51. The minimum atomic E-state index is -2.36. The van der Waals surface area contributed by atoms with Gasteiger partial charge in [-0.2, -0.15) is 0 Å². The van der Waals surface area contributed by atoms with Gasteiger partial charge in [-0.15, -0.1) is 0 Å². The summed E-state index contributed by atoms with van der Waals surface area (Å²) in [5, 5.41) is 36.1. The van der Waals surface area contributed by atoms with Gasteiger partial charge in [-0.05, 0) is 17.9 Å². The van der Waals surface area contributed by atoms with Gasteiger partial charge in [-0.1, -0.05) is 51.1 Å². The molecule has 0 bridgehead atoms. The molecule has 204 valence electrons. The van der Waals surface area contributed by atoms with Gasteiger partial charge in [0.05, 0.1) is 29.5 Å². The molecule has 11 nitrogen and oxygen atoms in total. The molecule has 12 atom stereocenters. The van der Waals surface area contributed by atoms with Crippen LogP contribution in [0.15, 0.2) is 30.3 Å². The highest BCUT2D eigenvalue weighted by Gasteiger charge is 3.05. The van der Waals surface area contributed by atoms with Crippen LogP contribution >= 0.6 is 0 Å². The zero-order valence-electron chi connectivity index (χ0n) is 21.3. The van der Waals surface area contributed by atoms with E-state index in [0.717, 1.165) is 5.56 Å². The predicted molar refractivity (Wildman–Crippen MR) is 122 cm³/mol. The van der Waals surface area contributed by atoms with Crippen molar-refractivity contribution in [3.8, 4) is 0 Å². The molecule has 4 aliphatic heterocycles. The van der Waals surface area contributed by atoms with Gasteiger partial charge in [0, 0.05) is 5.92 Å². The van der Waals surface area contributed by atoms with E-state index in [2.05, 4.69) is 0 Å². The standard InChI is InChI=1S/C27H30O11/c1-11-19(30)35-17-15(29)25-16-13(28)14(23(2,3)4)24(25)18(34-10-12-8-6-5-7-9-12)20(31)37-22(24)38-27(25,21(32)36-16)26(11,17)33/h5-9,11,13-18,22,28-29,33H,10H2,1-4H3/t11-,13-,14+,15+,16-,17-,18+,22+,24+,25-,26-,27+/m1/s1. The largest absolute Gasteiger partial charge is 0.456 e. The molecule has 2 saturated carbocycles. The Morgan fingerprint density at radius 1 is 0.974 bits per heavy atom. The van der Waals surface area contributed by atoms with Crippen LogP contribution in [0.3, 0.4) is 0 Å². The Labute approximate surface area is 217 Å². The van der Waals surface area contributed by atoms with Crippen LogP contribution in [0.25, 0.3) is 0 Å². The summed E-state index contributed by atoms with van der Waals surface area (Å²) in [4.78, 5) is 40.0. The SMILES string of the molecule is C[C@@H]1C(=O)O[C@@H]2[C@H](O)[C@]34[C@@H]5OC(=O)[C@@]3(O[C@@H]3OC(=O)[C@H](OCc6ccccc6)[C@@]34[C@H](C(C)(C)C)[C@H]5O)[C@@]12O. The first kappa shape index (κ1) is 24.5. The smallest absolute Gasteiger partial charge is 0.343 e. The number of carbonyl (C=O) groups is 3. The Hall–Kier alpha value is -2.57. The first-order chi connectivity index (χ1) is 17.8. The van der Waals surface area contributed by atoms with Crippen LogP contribution in [0.2, 0.25) is 0 Å². The quantitative estimate of drug-likeness (QED) is 0.352. The second-order valence-corrected chi connectivity index (χ2v) is 12.6. The van der Waals surface area contributed by atoms with E-state index < -0.39 is 94.0 Å². The van der Waals surface area contributed by atoms with Gasteiger partial charge in [-0.25, -0.2) is 9.59 Å². The fraction of sp³-hybridized carbons (Fsp3) is 0.667. The van der Waals surface area contributed by atoms with Gasteiger partial charge in [0.15, 0.2) is 17.8 Å². The molecule has 6 aliphatic rings. The monoisotopic (exact) mass is 530 g/mol. The summed E-state index contributed by atoms with van der Waals surface area (Å²) in [6, 6.07) is 9.11. The number of hydrogen-bond acceptors (Lipinski definition) is 11. The molecule has 6 fully saturated rings. The van der Waals surface area contributed by atoms with Crippen LogP contribution in [0.4, 0.5) is 0 Å². The van der Waals surface area contributed by atoms with Crippen molar-refractivity contribution in [2.45, 2.75) is 82.3 Å². The van der Waals surface area contributed by atoms with Gasteiger partial charge < -0.3 is 39.0 Å². The van der Waals surface area contributed by atoms with Crippen molar-refractivity contribution in [1.82, 2.24) is 0 Å². The molecule has 3 N–H and O–H groups in total. The van der Waals surface area contributed by atoms with E-state index in [1.807, 2.05) is 51.1 Å². The summed E-state index contributed by atoms with van der Waals surface area (Å²) >= 11 is 0. The van der Waals surface area contributed by atoms with E-state index in [-0.39, 0.29) is 6.61 Å². The maximum atomic E-state index is 13.8. The third kappa shape index (κ3) is 2.13. The number of aliphatic hydroxyl groups excluding tert-OH is 2. The Morgan fingerprint density at radius 2 is 1.66 bits per heavy atom. The predicted octanol–water partition coefficient (Wildman–Crippen LogP) is -0.174. The third-order valence-electron chi connectivity index (χ3n) is 10.2. The normalized spacial score (nSPS) is 51.8. The number of ether oxygens (including phenoxy) is 5. The molecule has 0 aromatic heterocycles. The molecule has 1 aromatic rings. The zero-order chi connectivity index (χ0) is 27.2. The summed E-state index contributed by atoms with van der Waals surface area (Å²) in [5.74, 6) is -4.79. The molecule has 2 spiro atoms. The van der Waals surface area contributed by atoms with Gasteiger partial charge in [-0.3, -0.25) is 4.79 Å². The van der Waals surface area contributed by atoms with Crippen molar-refractivity contribution in [1.29, 1.82) is 0 Å². The molecule has 2 aliphatic carbocycles. The molecule has 0 amide bonds. The van der Waals surface area contributed by atoms with Crippen LogP contribution in [-0.4, -0.2) is 81.2 Å². The van der Waals surface area contributed by atoms with Crippen molar-refractivity contribution < 1.29 is 53.4 Å². The number of benzene rings is 1. The van der Waals surface area contributed by atoms with Crippen molar-refractivity contribution in [2.24, 2.45) is 28.1 Å². The zero-order valence-corrected chi connectivity index (χ0v) is 21.3. The minimum Gasteiger partial charge on any atom is -0.456 e. The maximum Gasteiger partial charge on any atom is 0.343 e. The van der Waals surface area contributed by atoms with Gasteiger partial charge in [0.1, 0.15) is 12.2 Å². The van der Waals surface area contributed by atoms with Crippen LogP contribution in [-0.2, 0) is 44.7 Å². The number of rotatable bonds is 3. The van der Waals surface area contributed by atoms with Crippen LogP contribution in [0.1, 0.15) is 33.3 Å². The van der Waals surface area contributed by atoms with E-state index in [0.29, 0.717) is 0 Å². The number of carbonyl (C=O) groups excluding carboxylic acids is 3. The highest BCUT2D eigenvalue weighted by molar-refractivity contribution is 5.94. The maximum absolute atomic E-state index is 13.8. The van der Waals surface area contributed by atoms with Crippen LogP contribution in [0.5, 0.6) is 0 Å². The Bertz CT molecular complexity index is 1260. The third-order valence-corrected chi connectivity index (χ3v) is 10.2. The molecule has 0 radical (unpaired) electrons. The van der Waals surface area contributed by atoms with E-state index >= 15 is 0 Å². The van der Waals surface area contributed by atoms with Gasteiger partial charge >= 0.3 is 17.9 Å². The highest BCUT2D eigenvalue weighted by Crippen LogP contribution is 2.84. The lowest BCUT2D eigenvalue weighted by molar-refractivity contribution is -0.240. The molecule has 7 rings (SSSR count). The summed E-state index contributed by atoms with van der Waals surface area (Å²) in [7, 11) is 0. The minimum absolute atomic E-state index is 0.0141. The van der Waals surface area contributed by atoms with Gasteiger partial charge in [0.2, 0.25) is 11.9 Å². The molecular weight excluding hydrogens is 500 g/mol. The number of fused-ring (bicyclic) bond motifs is 1. The van der Waals surface area contributed by atoms with Crippen LogP contribution in [0, 0.1) is 28.1 Å². The Balaban J connectivity index is 1.50. The van der Waals surface area contributed by atoms with E-state index in [1.54, 1.807) is 0 Å². The summed E-state index contributed by atoms with van der Waals surface area (Å²) in [6.07, 6.45) is -8.97. The molecular formula is C27H30O11. The Morgan fingerprint density at radius 3 is 2.32 bits per heavy atom. The first-order valence-electron chi connectivity index (χ1n) is 12.9. The van der Waals surface area contributed by atoms with E-state index in [1.165, 1.54) is 6.92 Å². The summed E-state index contributed by atoms with van der Waals surface area (Å²) in [5.41, 5.74) is -8.32. The average Bonchev–Trinajstić information content (AvgIpc) is 3.55. The lowest BCUT2D eigenvalue weighted by Crippen LogP contribution is -2.67. The lowest BCUT2D eigenvalue weighted by Gasteiger charge is -2.48. The molecule has 4 heterocycles. The summed E-state index contributed by atoms with van der Waals surface area (Å²) in [6.45, 7) is 6.92. The topological polar surface area (TPSA) is 158 Å². The molecule has 1 aromatic carbocycles. The number of esters is 3. The van der Waals surface area contributed by atoms with Crippen molar-refractivity contribution in [2.75, 3.05) is 0 Å². The molecule has 38 heavy (non-hydrogen) atoms. The second-order valence-electron chi connectivity index (χ2n) is 12.6. The number of aliphatic hydroxyl groups is 3. The van der Waals surface area contributed by atoms with Crippen molar-refractivity contribution in [3.05, 3.63) is 35.9 Å².